The van der Waals surface area contributed by atoms with Gasteiger partial charge < -0.3 is 5.32 Å². The average Bonchev–Trinajstić information content (AvgIpc) is 2.41. The molecule has 0 heterocycles. The van der Waals surface area contributed by atoms with Crippen molar-refractivity contribution in [3.8, 4) is 0 Å². The van der Waals surface area contributed by atoms with Gasteiger partial charge in [-0.25, -0.2) is 0 Å². The zero-order chi connectivity index (χ0) is 14.5. The standard InChI is InChI=1S/C16H21Br2NO/c1-2-3-11-4-7-13(8-5-11)19-16(20)14-9-6-12(17)10-15(14)18/h6,9-11,13H,2-5,7-8H2,1H3,(H,19,20). The molecule has 1 N–H and O–H groups in total. The number of carbonyl (C=O) groups excluding carboxylic acids is 1. The van der Waals surface area contributed by atoms with E-state index in [-0.39, 0.29) is 5.91 Å². The van der Waals surface area contributed by atoms with E-state index in [9.17, 15) is 4.79 Å². The second kappa shape index (κ2) is 7.60. The molecule has 1 amide bonds. The van der Waals surface area contributed by atoms with Crippen LogP contribution in [0.5, 0.6) is 0 Å². The van der Waals surface area contributed by atoms with Gasteiger partial charge in [0.25, 0.3) is 5.91 Å². The molecule has 0 atom stereocenters. The van der Waals surface area contributed by atoms with Crippen LogP contribution in [0.25, 0.3) is 0 Å². The van der Waals surface area contributed by atoms with Gasteiger partial charge in [-0.1, -0.05) is 35.7 Å². The highest BCUT2D eigenvalue weighted by Crippen LogP contribution is 2.28. The Balaban J connectivity index is 1.89. The Morgan fingerprint density at radius 3 is 2.55 bits per heavy atom. The summed E-state index contributed by atoms with van der Waals surface area (Å²) in [7, 11) is 0. The number of halogens is 2. The Kier molecular flexibility index (Phi) is 6.09. The molecule has 0 unspecified atom stereocenters. The summed E-state index contributed by atoms with van der Waals surface area (Å²) in [6, 6.07) is 6.00. The molecule has 2 rings (SSSR count). The van der Waals surface area contributed by atoms with Gasteiger partial charge >= 0.3 is 0 Å². The Labute approximate surface area is 138 Å². The van der Waals surface area contributed by atoms with E-state index >= 15 is 0 Å². The fourth-order valence-electron chi connectivity index (χ4n) is 2.94. The number of rotatable bonds is 4. The number of hydrogen-bond donors (Lipinski definition) is 1. The van der Waals surface area contributed by atoms with Crippen LogP contribution in [-0.2, 0) is 0 Å². The smallest absolute Gasteiger partial charge is 0.252 e. The molecule has 0 aromatic heterocycles. The predicted molar refractivity (Wildman–Crippen MR) is 90.0 cm³/mol. The normalized spacial score (nSPS) is 22.6. The van der Waals surface area contributed by atoms with E-state index in [2.05, 4.69) is 44.1 Å². The first-order chi connectivity index (χ1) is 9.60. The minimum Gasteiger partial charge on any atom is -0.349 e. The van der Waals surface area contributed by atoms with Gasteiger partial charge in [-0.2, -0.15) is 0 Å². The lowest BCUT2D eigenvalue weighted by molar-refractivity contribution is 0.0920. The van der Waals surface area contributed by atoms with Crippen LogP contribution in [-0.4, -0.2) is 11.9 Å². The molecule has 1 aromatic carbocycles. The van der Waals surface area contributed by atoms with E-state index in [1.807, 2.05) is 18.2 Å². The monoisotopic (exact) mass is 401 g/mol. The van der Waals surface area contributed by atoms with Crippen molar-refractivity contribution in [3.05, 3.63) is 32.7 Å². The van der Waals surface area contributed by atoms with Gasteiger partial charge in [0, 0.05) is 15.0 Å². The second-order valence-electron chi connectivity index (χ2n) is 5.60. The molecule has 1 aliphatic rings. The third-order valence-electron chi connectivity index (χ3n) is 4.05. The van der Waals surface area contributed by atoms with Crippen molar-refractivity contribution in [1.82, 2.24) is 5.32 Å². The van der Waals surface area contributed by atoms with Crippen LogP contribution in [0.2, 0.25) is 0 Å². The van der Waals surface area contributed by atoms with Gasteiger partial charge in [0.2, 0.25) is 0 Å². The summed E-state index contributed by atoms with van der Waals surface area (Å²) in [5, 5.41) is 3.17. The maximum absolute atomic E-state index is 12.3. The van der Waals surface area contributed by atoms with Crippen molar-refractivity contribution in [2.24, 2.45) is 5.92 Å². The summed E-state index contributed by atoms with van der Waals surface area (Å²) in [6.07, 6.45) is 7.34. The maximum atomic E-state index is 12.3. The fraction of sp³-hybridized carbons (Fsp3) is 0.562. The highest BCUT2D eigenvalue weighted by atomic mass is 79.9. The first kappa shape index (κ1) is 16.0. The van der Waals surface area contributed by atoms with Gasteiger partial charge in [0.05, 0.1) is 5.56 Å². The Hall–Kier alpha value is -0.350. The quantitative estimate of drug-likeness (QED) is 0.727. The van der Waals surface area contributed by atoms with Crippen LogP contribution in [0, 0.1) is 5.92 Å². The Bertz CT molecular complexity index is 468. The van der Waals surface area contributed by atoms with E-state index in [1.54, 1.807) is 0 Å². The number of carbonyl (C=O) groups is 1. The van der Waals surface area contributed by atoms with Crippen molar-refractivity contribution >= 4 is 37.8 Å². The summed E-state index contributed by atoms with van der Waals surface area (Å²) in [6.45, 7) is 2.25. The largest absolute Gasteiger partial charge is 0.349 e. The molecule has 0 radical (unpaired) electrons. The molecule has 1 saturated carbocycles. The average molecular weight is 403 g/mol. The zero-order valence-corrected chi connectivity index (χ0v) is 15.0. The summed E-state index contributed by atoms with van der Waals surface area (Å²) in [5.41, 5.74) is 0.712. The molecule has 0 spiro atoms. The van der Waals surface area contributed by atoms with Crippen LogP contribution in [0.15, 0.2) is 27.1 Å². The Morgan fingerprint density at radius 1 is 1.25 bits per heavy atom. The first-order valence-electron chi connectivity index (χ1n) is 7.36. The van der Waals surface area contributed by atoms with Gasteiger partial charge in [0.1, 0.15) is 0 Å². The minimum atomic E-state index is 0.0308. The molecule has 20 heavy (non-hydrogen) atoms. The molecular formula is C16H21Br2NO. The lowest BCUT2D eigenvalue weighted by Gasteiger charge is -2.29. The van der Waals surface area contributed by atoms with Crippen molar-refractivity contribution in [2.45, 2.75) is 51.5 Å². The van der Waals surface area contributed by atoms with Gasteiger partial charge in [-0.3, -0.25) is 4.79 Å². The fourth-order valence-corrected chi connectivity index (χ4v) is 4.17. The molecule has 4 heteroatoms. The summed E-state index contributed by atoms with van der Waals surface area (Å²) >= 11 is 6.86. The molecular weight excluding hydrogens is 382 g/mol. The molecule has 1 fully saturated rings. The van der Waals surface area contributed by atoms with Crippen molar-refractivity contribution in [2.75, 3.05) is 0 Å². The minimum absolute atomic E-state index is 0.0308. The number of benzene rings is 1. The summed E-state index contributed by atoms with van der Waals surface area (Å²) in [5.74, 6) is 0.899. The van der Waals surface area contributed by atoms with E-state index in [0.29, 0.717) is 11.6 Å². The SMILES string of the molecule is CCCC1CCC(NC(=O)c2ccc(Br)cc2Br)CC1. The summed E-state index contributed by atoms with van der Waals surface area (Å²) in [4.78, 5) is 12.3. The van der Waals surface area contributed by atoms with Crippen molar-refractivity contribution in [3.63, 3.8) is 0 Å². The van der Waals surface area contributed by atoms with Crippen LogP contribution in [0.4, 0.5) is 0 Å². The number of hydrogen-bond acceptors (Lipinski definition) is 1. The summed E-state index contributed by atoms with van der Waals surface area (Å²) < 4.78 is 1.81. The maximum Gasteiger partial charge on any atom is 0.252 e. The number of amides is 1. The Morgan fingerprint density at radius 2 is 1.95 bits per heavy atom. The molecule has 110 valence electrons. The molecule has 0 aliphatic heterocycles. The van der Waals surface area contributed by atoms with Crippen molar-refractivity contribution < 1.29 is 4.79 Å². The third-order valence-corrected chi connectivity index (χ3v) is 5.20. The molecule has 2 nitrogen and oxygen atoms in total. The van der Waals surface area contributed by atoms with Crippen LogP contribution in [0.3, 0.4) is 0 Å². The van der Waals surface area contributed by atoms with Gasteiger partial charge in [-0.05, 0) is 65.7 Å². The van der Waals surface area contributed by atoms with E-state index in [4.69, 9.17) is 0 Å². The lowest BCUT2D eigenvalue weighted by atomic mass is 9.83. The lowest BCUT2D eigenvalue weighted by Crippen LogP contribution is -2.37. The second-order valence-corrected chi connectivity index (χ2v) is 7.37. The van der Waals surface area contributed by atoms with Crippen LogP contribution in [0.1, 0.15) is 55.8 Å². The topological polar surface area (TPSA) is 29.1 Å². The first-order valence-corrected chi connectivity index (χ1v) is 8.94. The zero-order valence-electron chi connectivity index (χ0n) is 11.8. The van der Waals surface area contributed by atoms with Crippen molar-refractivity contribution in [1.29, 1.82) is 0 Å². The molecule has 1 aliphatic carbocycles. The van der Waals surface area contributed by atoms with E-state index in [1.165, 1.54) is 25.7 Å². The van der Waals surface area contributed by atoms with Gasteiger partial charge in [-0.15, -0.1) is 0 Å². The third kappa shape index (κ3) is 4.32. The van der Waals surface area contributed by atoms with Crippen LogP contribution < -0.4 is 5.32 Å². The predicted octanol–water partition coefficient (Wildman–Crippen LogP) is 5.30. The molecule has 0 bridgehead atoms. The highest BCUT2D eigenvalue weighted by Gasteiger charge is 2.22. The molecule has 0 saturated heterocycles. The van der Waals surface area contributed by atoms with Crippen LogP contribution >= 0.6 is 31.9 Å². The van der Waals surface area contributed by atoms with E-state index < -0.39 is 0 Å². The van der Waals surface area contributed by atoms with Gasteiger partial charge in [0.15, 0.2) is 0 Å². The highest BCUT2D eigenvalue weighted by molar-refractivity contribution is 9.11. The number of nitrogens with one attached hydrogen (secondary N) is 1. The molecule has 1 aromatic rings. The van der Waals surface area contributed by atoms with E-state index in [0.717, 1.165) is 27.7 Å².